The molecule has 2 aliphatic rings. The summed E-state index contributed by atoms with van der Waals surface area (Å²) in [6.07, 6.45) is 4.36. The van der Waals surface area contributed by atoms with E-state index in [1.807, 2.05) is 4.90 Å². The van der Waals surface area contributed by atoms with Gasteiger partial charge >= 0.3 is 5.97 Å². The lowest BCUT2D eigenvalue weighted by atomic mass is 9.87. The molecule has 3 aromatic rings. The van der Waals surface area contributed by atoms with Gasteiger partial charge in [-0.15, -0.1) is 0 Å². The topological polar surface area (TPSA) is 71.8 Å². The van der Waals surface area contributed by atoms with E-state index in [0.717, 1.165) is 37.0 Å². The highest BCUT2D eigenvalue weighted by molar-refractivity contribution is 6.31. The van der Waals surface area contributed by atoms with Crippen molar-refractivity contribution in [3.05, 3.63) is 64.3 Å². The van der Waals surface area contributed by atoms with E-state index in [1.165, 1.54) is 11.1 Å². The molecular formula is C24H23ClN2O4. The predicted octanol–water partition coefficient (Wildman–Crippen LogP) is 4.33. The number of ether oxygens (including phenoxy) is 1. The fourth-order valence-corrected chi connectivity index (χ4v) is 5.00. The third-order valence-corrected chi connectivity index (χ3v) is 6.58. The van der Waals surface area contributed by atoms with Crippen LogP contribution in [0.3, 0.4) is 0 Å². The summed E-state index contributed by atoms with van der Waals surface area (Å²) in [6, 6.07) is 11.6. The number of carbonyl (C=O) groups is 2. The number of piperidine rings is 1. The number of nitrogens with zero attached hydrogens (tertiary/aromatic N) is 2. The molecule has 5 rings (SSSR count). The van der Waals surface area contributed by atoms with Crippen LogP contribution >= 0.6 is 11.6 Å². The van der Waals surface area contributed by atoms with Gasteiger partial charge in [0.25, 0.3) is 5.91 Å². The number of fused-ring (bicyclic) bond motifs is 2. The van der Waals surface area contributed by atoms with Crippen LogP contribution in [0, 0.1) is 0 Å². The van der Waals surface area contributed by atoms with Crippen LogP contribution in [-0.2, 0) is 17.8 Å². The molecule has 7 heteroatoms. The number of para-hydroxylation sites is 1. The molecule has 0 aliphatic carbocycles. The second kappa shape index (κ2) is 7.93. The molecule has 160 valence electrons. The van der Waals surface area contributed by atoms with Crippen molar-refractivity contribution in [2.45, 2.75) is 31.7 Å². The van der Waals surface area contributed by atoms with Crippen LogP contribution in [0.1, 0.15) is 40.2 Å². The Kier molecular flexibility index (Phi) is 5.10. The molecule has 1 N–H and O–H groups in total. The summed E-state index contributed by atoms with van der Waals surface area (Å²) in [5.41, 5.74) is 3.72. The van der Waals surface area contributed by atoms with Crippen molar-refractivity contribution in [2.75, 3.05) is 19.7 Å². The minimum atomic E-state index is -0.964. The molecule has 1 amide bonds. The van der Waals surface area contributed by atoms with Crippen molar-refractivity contribution in [1.29, 1.82) is 0 Å². The first-order valence-corrected chi connectivity index (χ1v) is 10.9. The molecule has 2 aromatic carbocycles. The molecule has 0 atom stereocenters. The molecule has 2 aliphatic heterocycles. The zero-order valence-corrected chi connectivity index (χ0v) is 17.8. The van der Waals surface area contributed by atoms with Crippen molar-refractivity contribution >= 4 is 34.4 Å². The SMILES string of the molecule is O=C(O)Cn1cc(C(=O)N2CCC(c3cccc4c3OCC4)CC2)c2ccc(Cl)cc21. The Morgan fingerprint density at radius 1 is 1.16 bits per heavy atom. The quantitative estimate of drug-likeness (QED) is 0.658. The second-order valence-corrected chi connectivity index (χ2v) is 8.66. The van der Waals surface area contributed by atoms with E-state index in [0.29, 0.717) is 35.1 Å². The number of amides is 1. The van der Waals surface area contributed by atoms with Gasteiger partial charge in [0.05, 0.1) is 17.7 Å². The van der Waals surface area contributed by atoms with Gasteiger partial charge in [0.2, 0.25) is 0 Å². The van der Waals surface area contributed by atoms with E-state index in [4.69, 9.17) is 16.3 Å². The molecule has 3 heterocycles. The van der Waals surface area contributed by atoms with Gasteiger partial charge in [-0.25, -0.2) is 0 Å². The van der Waals surface area contributed by atoms with Gasteiger partial charge in [0.15, 0.2) is 0 Å². The molecule has 31 heavy (non-hydrogen) atoms. The molecule has 1 aromatic heterocycles. The highest BCUT2D eigenvalue weighted by atomic mass is 35.5. The highest BCUT2D eigenvalue weighted by Gasteiger charge is 2.29. The lowest BCUT2D eigenvalue weighted by Gasteiger charge is -2.32. The van der Waals surface area contributed by atoms with Crippen LogP contribution in [-0.4, -0.2) is 46.1 Å². The van der Waals surface area contributed by atoms with Crippen LogP contribution < -0.4 is 4.74 Å². The lowest BCUT2D eigenvalue weighted by Crippen LogP contribution is -2.37. The number of aromatic nitrogens is 1. The minimum absolute atomic E-state index is 0.0653. The molecule has 0 bridgehead atoms. The van der Waals surface area contributed by atoms with Gasteiger partial charge in [-0.3, -0.25) is 9.59 Å². The third-order valence-electron chi connectivity index (χ3n) is 6.35. The van der Waals surface area contributed by atoms with Gasteiger partial charge in [-0.05, 0) is 42.0 Å². The zero-order valence-electron chi connectivity index (χ0n) is 17.0. The summed E-state index contributed by atoms with van der Waals surface area (Å²) in [7, 11) is 0. The first-order chi connectivity index (χ1) is 15.0. The number of aliphatic carboxylic acids is 1. The van der Waals surface area contributed by atoms with E-state index < -0.39 is 5.97 Å². The number of hydrogen-bond donors (Lipinski definition) is 1. The predicted molar refractivity (Wildman–Crippen MR) is 118 cm³/mol. The monoisotopic (exact) mass is 438 g/mol. The Balaban J connectivity index is 1.37. The van der Waals surface area contributed by atoms with Crippen LogP contribution in [0.15, 0.2) is 42.6 Å². The number of rotatable bonds is 4. The van der Waals surface area contributed by atoms with Gasteiger partial charge in [-0.1, -0.05) is 35.9 Å². The van der Waals surface area contributed by atoms with Crippen LogP contribution in [0.4, 0.5) is 0 Å². The Morgan fingerprint density at radius 3 is 2.74 bits per heavy atom. The summed E-state index contributed by atoms with van der Waals surface area (Å²) < 4.78 is 7.45. The Labute approximate surface area is 185 Å². The number of halogens is 1. The Hall–Kier alpha value is -2.99. The average molecular weight is 439 g/mol. The van der Waals surface area contributed by atoms with E-state index in [-0.39, 0.29) is 12.5 Å². The van der Waals surface area contributed by atoms with Crippen LogP contribution in [0.25, 0.3) is 10.9 Å². The molecule has 1 saturated heterocycles. The maximum Gasteiger partial charge on any atom is 0.323 e. The standard InChI is InChI=1S/C24H23ClN2O4/c25-17-4-5-19-20(13-27(14-22(28)29)21(19)12-17)24(30)26-9-6-15(7-10-26)18-3-1-2-16-8-11-31-23(16)18/h1-5,12-13,15H,6-11,14H2,(H,28,29). The van der Waals surface area contributed by atoms with E-state index in [9.17, 15) is 14.7 Å². The van der Waals surface area contributed by atoms with Gasteiger partial charge in [-0.2, -0.15) is 0 Å². The summed E-state index contributed by atoms with van der Waals surface area (Å²) in [5.74, 6) is 0.393. The van der Waals surface area contributed by atoms with Gasteiger partial charge in [0, 0.05) is 36.1 Å². The third kappa shape index (κ3) is 3.65. The first kappa shape index (κ1) is 19.9. The zero-order chi connectivity index (χ0) is 21.5. The highest BCUT2D eigenvalue weighted by Crippen LogP contribution is 2.39. The largest absolute Gasteiger partial charge is 0.493 e. The average Bonchev–Trinajstić information content (AvgIpc) is 3.38. The van der Waals surface area contributed by atoms with E-state index in [1.54, 1.807) is 29.0 Å². The summed E-state index contributed by atoms with van der Waals surface area (Å²) in [6.45, 7) is 1.85. The summed E-state index contributed by atoms with van der Waals surface area (Å²) >= 11 is 6.11. The minimum Gasteiger partial charge on any atom is -0.493 e. The molecule has 0 radical (unpaired) electrons. The molecule has 0 spiro atoms. The number of carboxylic acids is 1. The second-order valence-electron chi connectivity index (χ2n) is 8.23. The summed E-state index contributed by atoms with van der Waals surface area (Å²) in [5, 5.41) is 10.5. The molecule has 6 nitrogen and oxygen atoms in total. The van der Waals surface area contributed by atoms with Crippen molar-refractivity contribution in [3.63, 3.8) is 0 Å². The number of carbonyl (C=O) groups excluding carboxylic acids is 1. The fraction of sp³-hybridized carbons (Fsp3) is 0.333. The maximum absolute atomic E-state index is 13.3. The van der Waals surface area contributed by atoms with Crippen LogP contribution in [0.2, 0.25) is 5.02 Å². The molecule has 1 fully saturated rings. The van der Waals surface area contributed by atoms with E-state index in [2.05, 4.69) is 18.2 Å². The molecule has 0 saturated carbocycles. The van der Waals surface area contributed by atoms with Crippen LogP contribution in [0.5, 0.6) is 5.75 Å². The van der Waals surface area contributed by atoms with Gasteiger partial charge in [0.1, 0.15) is 12.3 Å². The fourth-order valence-electron chi connectivity index (χ4n) is 4.84. The number of likely N-dealkylation sites (tertiary alicyclic amines) is 1. The van der Waals surface area contributed by atoms with E-state index >= 15 is 0 Å². The number of benzene rings is 2. The van der Waals surface area contributed by atoms with Crippen molar-refractivity contribution < 1.29 is 19.4 Å². The van der Waals surface area contributed by atoms with Crippen molar-refractivity contribution in [2.24, 2.45) is 0 Å². The lowest BCUT2D eigenvalue weighted by molar-refractivity contribution is -0.137. The Morgan fingerprint density at radius 2 is 1.97 bits per heavy atom. The number of carboxylic acid groups (broad SMARTS) is 1. The first-order valence-electron chi connectivity index (χ1n) is 10.6. The summed E-state index contributed by atoms with van der Waals surface area (Å²) in [4.78, 5) is 26.5. The van der Waals surface area contributed by atoms with Gasteiger partial charge < -0.3 is 19.3 Å². The maximum atomic E-state index is 13.3. The molecular weight excluding hydrogens is 416 g/mol. The number of hydrogen-bond acceptors (Lipinski definition) is 3. The van der Waals surface area contributed by atoms with Crippen molar-refractivity contribution in [1.82, 2.24) is 9.47 Å². The molecule has 0 unspecified atom stereocenters. The normalized spacial score (nSPS) is 16.4. The Bertz CT molecular complexity index is 1180. The van der Waals surface area contributed by atoms with Crippen molar-refractivity contribution in [3.8, 4) is 5.75 Å². The smallest absolute Gasteiger partial charge is 0.323 e.